The van der Waals surface area contributed by atoms with Gasteiger partial charge in [0.25, 0.3) is 5.91 Å². The van der Waals surface area contributed by atoms with Crippen molar-refractivity contribution in [3.8, 4) is 5.69 Å². The normalized spacial score (nSPS) is 17.9. The zero-order chi connectivity index (χ0) is 19.2. The number of hydrogen-bond acceptors (Lipinski definition) is 5. The fraction of sp³-hybridized carbons (Fsp3) is 0.500. The Morgan fingerprint density at radius 3 is 2.59 bits per heavy atom. The molecule has 0 bridgehead atoms. The number of fused-ring (bicyclic) bond motifs is 1. The Balaban J connectivity index is 1.69. The Hall–Kier alpha value is -2.26. The summed E-state index contributed by atoms with van der Waals surface area (Å²) in [4.78, 5) is 14.5. The zero-order valence-corrected chi connectivity index (χ0v) is 16.4. The highest BCUT2D eigenvalue weighted by Crippen LogP contribution is 2.27. The third kappa shape index (κ3) is 3.25. The van der Waals surface area contributed by atoms with Gasteiger partial charge < -0.3 is 4.90 Å². The summed E-state index contributed by atoms with van der Waals surface area (Å²) in [5.74, 6) is -0.0655. The van der Waals surface area contributed by atoms with Crippen LogP contribution in [-0.4, -0.2) is 64.4 Å². The lowest BCUT2D eigenvalue weighted by Gasteiger charge is -2.28. The monoisotopic (exact) mass is 389 g/mol. The van der Waals surface area contributed by atoms with E-state index in [4.69, 9.17) is 0 Å². The van der Waals surface area contributed by atoms with Gasteiger partial charge in [-0.1, -0.05) is 17.3 Å². The minimum atomic E-state index is -3.22. The summed E-state index contributed by atoms with van der Waals surface area (Å²) in [5.41, 5.74) is 4.00. The van der Waals surface area contributed by atoms with E-state index < -0.39 is 10.0 Å². The third-order valence-electron chi connectivity index (χ3n) is 5.39. The predicted octanol–water partition coefficient (Wildman–Crippen LogP) is 1.13. The molecule has 0 saturated carbocycles. The van der Waals surface area contributed by atoms with Crippen molar-refractivity contribution in [1.29, 1.82) is 0 Å². The van der Waals surface area contributed by atoms with Gasteiger partial charge in [-0.25, -0.2) is 13.1 Å². The number of benzene rings is 1. The van der Waals surface area contributed by atoms with E-state index in [-0.39, 0.29) is 5.91 Å². The molecule has 8 nitrogen and oxygen atoms in total. The van der Waals surface area contributed by atoms with Crippen LogP contribution in [0, 0.1) is 6.92 Å². The minimum absolute atomic E-state index is 0.0655. The van der Waals surface area contributed by atoms with Crippen LogP contribution < -0.4 is 0 Å². The Morgan fingerprint density at radius 2 is 1.89 bits per heavy atom. The fourth-order valence-corrected chi connectivity index (χ4v) is 4.67. The fourth-order valence-electron chi connectivity index (χ4n) is 3.87. The summed E-state index contributed by atoms with van der Waals surface area (Å²) >= 11 is 0. The van der Waals surface area contributed by atoms with Crippen LogP contribution in [0.25, 0.3) is 5.69 Å². The molecule has 2 aliphatic rings. The van der Waals surface area contributed by atoms with Crippen LogP contribution >= 0.6 is 0 Å². The molecule has 2 aliphatic heterocycles. The Kier molecular flexibility index (Phi) is 4.51. The molecule has 27 heavy (non-hydrogen) atoms. The number of nitrogens with zero attached hydrogens (tertiary/aromatic N) is 5. The maximum Gasteiger partial charge on any atom is 0.276 e. The average molecular weight is 389 g/mol. The summed E-state index contributed by atoms with van der Waals surface area (Å²) in [5, 5.41) is 8.40. The van der Waals surface area contributed by atoms with Crippen LogP contribution in [0.15, 0.2) is 18.2 Å². The maximum absolute atomic E-state index is 12.7. The van der Waals surface area contributed by atoms with E-state index in [2.05, 4.69) is 10.3 Å². The number of amides is 1. The van der Waals surface area contributed by atoms with Gasteiger partial charge in [0.2, 0.25) is 10.0 Å². The van der Waals surface area contributed by atoms with Crippen LogP contribution in [0.5, 0.6) is 0 Å². The van der Waals surface area contributed by atoms with Gasteiger partial charge in [0.15, 0.2) is 5.69 Å². The molecule has 0 unspecified atom stereocenters. The molecule has 144 valence electrons. The molecule has 0 aliphatic carbocycles. The molecule has 2 aromatic rings. The van der Waals surface area contributed by atoms with Crippen molar-refractivity contribution in [3.05, 3.63) is 40.7 Å². The molecule has 1 aromatic heterocycles. The average Bonchev–Trinajstić information content (AvgIpc) is 3.29. The second kappa shape index (κ2) is 6.72. The summed E-state index contributed by atoms with van der Waals surface area (Å²) in [7, 11) is -3.22. The van der Waals surface area contributed by atoms with E-state index in [1.54, 1.807) is 4.68 Å². The molecule has 9 heteroatoms. The van der Waals surface area contributed by atoms with Crippen molar-refractivity contribution in [2.45, 2.75) is 32.7 Å². The third-order valence-corrected chi connectivity index (χ3v) is 6.64. The SMILES string of the molecule is Cc1c(C(=O)N2CCCC2)nnn1-c1cccc2c1CCN(S(C)(=O)=O)C2. The highest BCUT2D eigenvalue weighted by Gasteiger charge is 2.28. The van der Waals surface area contributed by atoms with Gasteiger partial charge in [0.1, 0.15) is 0 Å². The number of carbonyl (C=O) groups excluding carboxylic acids is 1. The summed E-state index contributed by atoms with van der Waals surface area (Å²) < 4.78 is 26.9. The topological polar surface area (TPSA) is 88.4 Å². The number of carbonyl (C=O) groups is 1. The van der Waals surface area contributed by atoms with Crippen LogP contribution in [0.3, 0.4) is 0 Å². The van der Waals surface area contributed by atoms with Crippen LogP contribution in [0.4, 0.5) is 0 Å². The molecule has 1 fully saturated rings. The first-order valence-corrected chi connectivity index (χ1v) is 11.0. The number of hydrogen-bond donors (Lipinski definition) is 0. The molecule has 4 rings (SSSR count). The van der Waals surface area contributed by atoms with E-state index in [1.807, 2.05) is 30.0 Å². The van der Waals surface area contributed by atoms with Crippen molar-refractivity contribution < 1.29 is 13.2 Å². The van der Waals surface area contributed by atoms with Gasteiger partial charge >= 0.3 is 0 Å². The molecule has 1 aromatic carbocycles. The van der Waals surface area contributed by atoms with Crippen LogP contribution in [0.1, 0.15) is 40.2 Å². The van der Waals surface area contributed by atoms with E-state index in [0.717, 1.165) is 42.7 Å². The van der Waals surface area contributed by atoms with E-state index >= 15 is 0 Å². The summed E-state index contributed by atoms with van der Waals surface area (Å²) in [6.45, 7) is 4.19. The molecule has 0 atom stereocenters. The Morgan fingerprint density at radius 1 is 1.15 bits per heavy atom. The molecular formula is C18H23N5O3S. The van der Waals surface area contributed by atoms with E-state index in [0.29, 0.717) is 30.9 Å². The van der Waals surface area contributed by atoms with Crippen molar-refractivity contribution in [2.75, 3.05) is 25.9 Å². The van der Waals surface area contributed by atoms with Crippen LogP contribution in [0.2, 0.25) is 0 Å². The first kappa shape index (κ1) is 18.1. The zero-order valence-electron chi connectivity index (χ0n) is 15.6. The molecule has 0 N–H and O–H groups in total. The lowest BCUT2D eigenvalue weighted by Crippen LogP contribution is -2.35. The second-order valence-electron chi connectivity index (χ2n) is 7.20. The lowest BCUT2D eigenvalue weighted by molar-refractivity contribution is 0.0786. The number of aromatic nitrogens is 3. The highest BCUT2D eigenvalue weighted by molar-refractivity contribution is 7.88. The number of rotatable bonds is 3. The lowest BCUT2D eigenvalue weighted by atomic mass is 9.99. The van der Waals surface area contributed by atoms with Gasteiger partial charge in [-0.15, -0.1) is 5.10 Å². The Labute approximate surface area is 158 Å². The Bertz CT molecular complexity index is 992. The van der Waals surface area contributed by atoms with Gasteiger partial charge in [-0.2, -0.15) is 4.31 Å². The first-order chi connectivity index (χ1) is 12.9. The largest absolute Gasteiger partial charge is 0.337 e. The quantitative estimate of drug-likeness (QED) is 0.785. The molecular weight excluding hydrogens is 366 g/mol. The van der Waals surface area contributed by atoms with E-state index in [1.165, 1.54) is 10.6 Å². The second-order valence-corrected chi connectivity index (χ2v) is 9.18. The van der Waals surface area contributed by atoms with Gasteiger partial charge in [-0.05, 0) is 43.4 Å². The van der Waals surface area contributed by atoms with Crippen LogP contribution in [-0.2, 0) is 23.0 Å². The van der Waals surface area contributed by atoms with E-state index in [9.17, 15) is 13.2 Å². The standard InChI is InChI=1S/C18H23N5O3S/c1-13-17(18(24)21-9-3-4-10-21)19-20-23(13)16-7-5-6-14-12-22(27(2,25)26)11-8-15(14)16/h5-7H,3-4,8-12H2,1-2H3. The van der Waals surface area contributed by atoms with Crippen molar-refractivity contribution >= 4 is 15.9 Å². The maximum atomic E-state index is 12.7. The minimum Gasteiger partial charge on any atom is -0.337 e. The molecule has 1 amide bonds. The first-order valence-electron chi connectivity index (χ1n) is 9.14. The molecule has 3 heterocycles. The highest BCUT2D eigenvalue weighted by atomic mass is 32.2. The summed E-state index contributed by atoms with van der Waals surface area (Å²) in [6.07, 6.45) is 3.90. The van der Waals surface area contributed by atoms with Gasteiger partial charge in [0, 0.05) is 26.2 Å². The van der Waals surface area contributed by atoms with Crippen molar-refractivity contribution in [2.24, 2.45) is 0 Å². The smallest absolute Gasteiger partial charge is 0.276 e. The van der Waals surface area contributed by atoms with Crippen molar-refractivity contribution in [1.82, 2.24) is 24.2 Å². The molecule has 1 saturated heterocycles. The van der Waals surface area contributed by atoms with Gasteiger partial charge in [0.05, 0.1) is 17.6 Å². The summed E-state index contributed by atoms with van der Waals surface area (Å²) in [6, 6.07) is 5.78. The predicted molar refractivity (Wildman–Crippen MR) is 100 cm³/mol. The number of sulfonamides is 1. The molecule has 0 spiro atoms. The molecule has 0 radical (unpaired) electrons. The number of likely N-dealkylation sites (tertiary alicyclic amines) is 1. The van der Waals surface area contributed by atoms with Gasteiger partial charge in [-0.3, -0.25) is 4.79 Å². The van der Waals surface area contributed by atoms with Crippen molar-refractivity contribution in [3.63, 3.8) is 0 Å².